The average Bonchev–Trinajstić information content (AvgIpc) is 2.91. The number of pyridine rings is 2. The molecule has 1 aliphatic rings. The van der Waals surface area contributed by atoms with E-state index in [1.807, 2.05) is 27.7 Å². The number of rotatable bonds is 12. The fourth-order valence-electron chi connectivity index (χ4n) is 5.48. The van der Waals surface area contributed by atoms with E-state index < -0.39 is 35.5 Å². The Kier molecular flexibility index (Phi) is 11.1. The number of fused-ring (bicyclic) bond motifs is 1. The molecule has 4 N–H and O–H groups in total. The number of carbonyl (C=O) groups excluding carboxylic acids is 2. The van der Waals surface area contributed by atoms with Gasteiger partial charge < -0.3 is 25.4 Å². The Morgan fingerprint density at radius 1 is 1.13 bits per heavy atom. The molecule has 1 fully saturated rings. The summed E-state index contributed by atoms with van der Waals surface area (Å²) < 4.78 is 1.77. The SMILES string of the molecule is CCn1cc(C(=O)NC[C@@H](C)C(=O)N[C@@H](CC2CCCCC2)[C@@H](O)[C@@H](O)CC(C)C)c(=O)c2ccc(C)nc21. The van der Waals surface area contributed by atoms with Crippen LogP contribution in [-0.2, 0) is 11.3 Å². The molecule has 1 aliphatic carbocycles. The summed E-state index contributed by atoms with van der Waals surface area (Å²) in [6.07, 6.45) is 6.18. The second-order valence-corrected chi connectivity index (χ2v) is 11.6. The zero-order valence-electron chi connectivity index (χ0n) is 24.1. The molecule has 0 unspecified atom stereocenters. The summed E-state index contributed by atoms with van der Waals surface area (Å²) in [6, 6.07) is 2.86. The molecule has 0 radical (unpaired) electrons. The molecule has 2 amide bonds. The number of aromatic nitrogens is 2. The number of aryl methyl sites for hydroxylation is 2. The van der Waals surface area contributed by atoms with Gasteiger partial charge in [0.2, 0.25) is 11.3 Å². The molecule has 39 heavy (non-hydrogen) atoms. The van der Waals surface area contributed by atoms with Crippen LogP contribution in [0.25, 0.3) is 11.0 Å². The molecular formula is C30H46N4O5. The van der Waals surface area contributed by atoms with Crippen LogP contribution in [0.2, 0.25) is 0 Å². The Hall–Kier alpha value is -2.78. The number of hydrogen-bond donors (Lipinski definition) is 4. The Morgan fingerprint density at radius 2 is 1.82 bits per heavy atom. The summed E-state index contributed by atoms with van der Waals surface area (Å²) in [5.41, 5.74) is 0.926. The van der Waals surface area contributed by atoms with Gasteiger partial charge in [0.1, 0.15) is 17.3 Å². The molecule has 9 heteroatoms. The van der Waals surface area contributed by atoms with Gasteiger partial charge in [-0.2, -0.15) is 0 Å². The van der Waals surface area contributed by atoms with Gasteiger partial charge in [0.25, 0.3) is 5.91 Å². The van der Waals surface area contributed by atoms with E-state index in [9.17, 15) is 24.6 Å². The largest absolute Gasteiger partial charge is 0.390 e. The van der Waals surface area contributed by atoms with Crippen molar-refractivity contribution >= 4 is 22.8 Å². The standard InChI is InChI=1S/C30H46N4O5/c1-6-34-17-23(26(36)22-13-12-20(5)32-28(22)34)30(39)31-16-19(4)29(38)33-24(15-21-10-8-7-9-11-21)27(37)25(35)14-18(2)3/h12-13,17-19,21,24-25,27,35,37H,6-11,14-16H2,1-5H3,(H,31,39)(H,33,38)/t19-,24+,25+,27-/m1/s1. The highest BCUT2D eigenvalue weighted by molar-refractivity contribution is 5.97. The zero-order chi connectivity index (χ0) is 28.7. The third-order valence-corrected chi connectivity index (χ3v) is 7.82. The van der Waals surface area contributed by atoms with E-state index in [1.54, 1.807) is 23.6 Å². The lowest BCUT2D eigenvalue weighted by molar-refractivity contribution is -0.127. The second kappa shape index (κ2) is 14.0. The van der Waals surface area contributed by atoms with Gasteiger partial charge in [-0.25, -0.2) is 4.98 Å². The zero-order valence-corrected chi connectivity index (χ0v) is 24.1. The molecule has 2 aromatic heterocycles. The van der Waals surface area contributed by atoms with Crippen LogP contribution in [0, 0.1) is 24.7 Å². The van der Waals surface area contributed by atoms with E-state index in [-0.39, 0.29) is 23.9 Å². The Labute approximate surface area is 231 Å². The summed E-state index contributed by atoms with van der Waals surface area (Å²) >= 11 is 0. The molecule has 9 nitrogen and oxygen atoms in total. The van der Waals surface area contributed by atoms with Gasteiger partial charge in [0.05, 0.1) is 23.4 Å². The number of aliphatic hydroxyl groups excluding tert-OH is 2. The topological polar surface area (TPSA) is 134 Å². The molecule has 0 saturated heterocycles. The van der Waals surface area contributed by atoms with Gasteiger partial charge >= 0.3 is 0 Å². The van der Waals surface area contributed by atoms with E-state index >= 15 is 0 Å². The summed E-state index contributed by atoms with van der Waals surface area (Å²) in [5, 5.41) is 27.6. The van der Waals surface area contributed by atoms with Crippen molar-refractivity contribution in [1.82, 2.24) is 20.2 Å². The molecule has 3 rings (SSSR count). The number of hydrogen-bond acceptors (Lipinski definition) is 6. The molecular weight excluding hydrogens is 496 g/mol. The maximum absolute atomic E-state index is 13.1. The van der Waals surface area contributed by atoms with Crippen LogP contribution < -0.4 is 16.1 Å². The predicted molar refractivity (Wildman–Crippen MR) is 153 cm³/mol. The van der Waals surface area contributed by atoms with Crippen molar-refractivity contribution in [3.05, 3.63) is 39.8 Å². The third-order valence-electron chi connectivity index (χ3n) is 7.82. The lowest BCUT2D eigenvalue weighted by atomic mass is 9.82. The van der Waals surface area contributed by atoms with Gasteiger partial charge in [-0.05, 0) is 50.7 Å². The summed E-state index contributed by atoms with van der Waals surface area (Å²) in [5.74, 6) is -0.851. The first-order chi connectivity index (χ1) is 18.5. The number of amides is 2. The van der Waals surface area contributed by atoms with Crippen LogP contribution in [0.15, 0.2) is 23.1 Å². The molecule has 216 valence electrons. The van der Waals surface area contributed by atoms with Crippen LogP contribution in [0.4, 0.5) is 0 Å². The molecule has 0 aliphatic heterocycles. The van der Waals surface area contributed by atoms with E-state index in [1.165, 1.54) is 12.6 Å². The van der Waals surface area contributed by atoms with Gasteiger partial charge in [-0.3, -0.25) is 14.4 Å². The third kappa shape index (κ3) is 8.11. The highest BCUT2D eigenvalue weighted by Crippen LogP contribution is 2.29. The summed E-state index contributed by atoms with van der Waals surface area (Å²) in [4.78, 5) is 43.6. The highest BCUT2D eigenvalue weighted by atomic mass is 16.3. The first-order valence-corrected chi connectivity index (χ1v) is 14.5. The lowest BCUT2D eigenvalue weighted by Crippen LogP contribution is -2.52. The minimum Gasteiger partial charge on any atom is -0.390 e. The maximum atomic E-state index is 13.1. The minimum absolute atomic E-state index is 0.00464. The number of nitrogens with one attached hydrogen (secondary N) is 2. The fourth-order valence-corrected chi connectivity index (χ4v) is 5.48. The van der Waals surface area contributed by atoms with Crippen molar-refractivity contribution in [3.8, 4) is 0 Å². The van der Waals surface area contributed by atoms with Crippen LogP contribution in [0.1, 0.15) is 88.7 Å². The summed E-state index contributed by atoms with van der Waals surface area (Å²) in [6.45, 7) is 10.00. The van der Waals surface area contributed by atoms with Crippen molar-refractivity contribution in [1.29, 1.82) is 0 Å². The van der Waals surface area contributed by atoms with Crippen molar-refractivity contribution < 1.29 is 19.8 Å². The van der Waals surface area contributed by atoms with Crippen LogP contribution in [0.5, 0.6) is 0 Å². The van der Waals surface area contributed by atoms with Gasteiger partial charge in [0.15, 0.2) is 0 Å². The first-order valence-electron chi connectivity index (χ1n) is 14.5. The predicted octanol–water partition coefficient (Wildman–Crippen LogP) is 3.31. The quantitative estimate of drug-likeness (QED) is 0.325. The molecule has 2 heterocycles. The van der Waals surface area contributed by atoms with Crippen molar-refractivity contribution in [2.75, 3.05) is 6.54 Å². The highest BCUT2D eigenvalue weighted by Gasteiger charge is 2.32. The van der Waals surface area contributed by atoms with Crippen LogP contribution >= 0.6 is 0 Å². The van der Waals surface area contributed by atoms with Crippen molar-refractivity contribution in [2.45, 2.75) is 104 Å². The van der Waals surface area contributed by atoms with E-state index in [0.717, 1.165) is 31.4 Å². The molecule has 2 aromatic rings. The van der Waals surface area contributed by atoms with E-state index in [0.29, 0.717) is 36.3 Å². The molecule has 0 bridgehead atoms. The van der Waals surface area contributed by atoms with Crippen LogP contribution in [0.3, 0.4) is 0 Å². The number of carbonyl (C=O) groups is 2. The smallest absolute Gasteiger partial charge is 0.256 e. The van der Waals surface area contributed by atoms with Crippen LogP contribution in [-0.4, -0.2) is 56.4 Å². The molecule has 1 saturated carbocycles. The monoisotopic (exact) mass is 542 g/mol. The first kappa shape index (κ1) is 30.8. The second-order valence-electron chi connectivity index (χ2n) is 11.6. The molecule has 0 spiro atoms. The van der Waals surface area contributed by atoms with Crippen molar-refractivity contribution in [2.24, 2.45) is 17.8 Å². The van der Waals surface area contributed by atoms with Crippen molar-refractivity contribution in [3.63, 3.8) is 0 Å². The normalized spacial score (nSPS) is 17.5. The van der Waals surface area contributed by atoms with Gasteiger partial charge in [-0.15, -0.1) is 0 Å². The number of nitrogens with zero attached hydrogens (tertiary/aromatic N) is 2. The molecule has 0 aromatic carbocycles. The fraction of sp³-hybridized carbons (Fsp3) is 0.667. The minimum atomic E-state index is -1.07. The molecule has 4 atom stereocenters. The van der Waals surface area contributed by atoms with E-state index in [4.69, 9.17) is 0 Å². The average molecular weight is 543 g/mol. The van der Waals surface area contributed by atoms with Gasteiger partial charge in [0, 0.05) is 25.0 Å². The maximum Gasteiger partial charge on any atom is 0.256 e. The Morgan fingerprint density at radius 3 is 2.46 bits per heavy atom. The van der Waals surface area contributed by atoms with Gasteiger partial charge in [-0.1, -0.05) is 52.9 Å². The Balaban J connectivity index is 1.68. The Bertz CT molecular complexity index is 1190. The summed E-state index contributed by atoms with van der Waals surface area (Å²) in [7, 11) is 0. The van der Waals surface area contributed by atoms with E-state index in [2.05, 4.69) is 15.6 Å². The number of aliphatic hydroxyl groups is 2. The lowest BCUT2D eigenvalue weighted by Gasteiger charge is -2.33.